The Bertz CT molecular complexity index is 743. The topological polar surface area (TPSA) is 43.2 Å². The third kappa shape index (κ3) is 2.50. The van der Waals surface area contributed by atoms with Gasteiger partial charge in [-0.3, -0.25) is 0 Å². The molecule has 4 heteroatoms. The van der Waals surface area contributed by atoms with Crippen LogP contribution in [0, 0.1) is 11.8 Å². The SMILES string of the molecule is COc1cccc(C2=NN=C(c3cccc(OC)c3)C3CC23)c1. The molecule has 2 aliphatic rings. The van der Waals surface area contributed by atoms with Crippen LogP contribution in [-0.4, -0.2) is 25.6 Å². The van der Waals surface area contributed by atoms with Crippen LogP contribution in [0.4, 0.5) is 0 Å². The van der Waals surface area contributed by atoms with Gasteiger partial charge in [-0.25, -0.2) is 0 Å². The summed E-state index contributed by atoms with van der Waals surface area (Å²) < 4.78 is 10.6. The van der Waals surface area contributed by atoms with E-state index in [1.807, 2.05) is 36.4 Å². The first kappa shape index (κ1) is 14.0. The van der Waals surface area contributed by atoms with Gasteiger partial charge < -0.3 is 9.47 Å². The highest BCUT2D eigenvalue weighted by Crippen LogP contribution is 2.46. The van der Waals surface area contributed by atoms with Crippen molar-refractivity contribution in [2.24, 2.45) is 22.0 Å². The Labute approximate surface area is 135 Å². The van der Waals surface area contributed by atoms with E-state index < -0.39 is 0 Å². The molecule has 23 heavy (non-hydrogen) atoms. The lowest BCUT2D eigenvalue weighted by molar-refractivity contribution is 0.414. The number of hydrogen-bond donors (Lipinski definition) is 0. The molecular formula is C19H18N2O2. The fourth-order valence-corrected chi connectivity index (χ4v) is 3.16. The summed E-state index contributed by atoms with van der Waals surface area (Å²) in [7, 11) is 3.36. The molecule has 2 unspecified atom stereocenters. The van der Waals surface area contributed by atoms with Gasteiger partial charge in [0, 0.05) is 23.0 Å². The molecule has 1 fully saturated rings. The smallest absolute Gasteiger partial charge is 0.119 e. The molecule has 4 rings (SSSR count). The summed E-state index contributed by atoms with van der Waals surface area (Å²) >= 11 is 0. The second-order valence-electron chi connectivity index (χ2n) is 5.88. The lowest BCUT2D eigenvalue weighted by Crippen LogP contribution is -2.15. The van der Waals surface area contributed by atoms with Crippen LogP contribution in [0.3, 0.4) is 0 Å². The number of benzene rings is 2. The Morgan fingerprint density at radius 3 is 1.70 bits per heavy atom. The molecule has 1 aliphatic carbocycles. The summed E-state index contributed by atoms with van der Waals surface area (Å²) in [4.78, 5) is 0. The van der Waals surface area contributed by atoms with Crippen molar-refractivity contribution in [3.8, 4) is 11.5 Å². The van der Waals surface area contributed by atoms with E-state index in [0.717, 1.165) is 40.5 Å². The van der Waals surface area contributed by atoms with Crippen LogP contribution in [0.1, 0.15) is 17.5 Å². The fourth-order valence-electron chi connectivity index (χ4n) is 3.16. The van der Waals surface area contributed by atoms with Gasteiger partial charge in [-0.1, -0.05) is 24.3 Å². The summed E-state index contributed by atoms with van der Waals surface area (Å²) in [6, 6.07) is 16.1. The molecule has 1 aliphatic heterocycles. The first-order chi connectivity index (χ1) is 11.3. The maximum absolute atomic E-state index is 5.31. The molecule has 0 aromatic heterocycles. The summed E-state index contributed by atoms with van der Waals surface area (Å²) in [5.41, 5.74) is 4.34. The molecule has 2 atom stereocenters. The first-order valence-corrected chi connectivity index (χ1v) is 7.74. The zero-order chi connectivity index (χ0) is 15.8. The summed E-state index contributed by atoms with van der Waals surface area (Å²) in [6.07, 6.45) is 1.10. The zero-order valence-electron chi connectivity index (χ0n) is 13.2. The Morgan fingerprint density at radius 2 is 1.26 bits per heavy atom. The summed E-state index contributed by atoms with van der Waals surface area (Å²) in [5.74, 6) is 2.62. The summed E-state index contributed by atoms with van der Waals surface area (Å²) in [6.45, 7) is 0. The molecule has 0 bridgehead atoms. The maximum Gasteiger partial charge on any atom is 0.119 e. The van der Waals surface area contributed by atoms with E-state index in [4.69, 9.17) is 9.47 Å². The number of nitrogens with zero attached hydrogens (tertiary/aromatic N) is 2. The third-order valence-electron chi connectivity index (χ3n) is 4.49. The number of methoxy groups -OCH3 is 2. The lowest BCUT2D eigenvalue weighted by Gasteiger charge is -2.13. The predicted octanol–water partition coefficient (Wildman–Crippen LogP) is 3.55. The van der Waals surface area contributed by atoms with Gasteiger partial charge in [-0.05, 0) is 30.7 Å². The molecule has 116 valence electrons. The molecule has 2 aromatic carbocycles. The molecular weight excluding hydrogens is 288 g/mol. The molecule has 1 heterocycles. The Balaban J connectivity index is 1.68. The van der Waals surface area contributed by atoms with Crippen molar-refractivity contribution in [3.05, 3.63) is 59.7 Å². The third-order valence-corrected chi connectivity index (χ3v) is 4.49. The predicted molar refractivity (Wildman–Crippen MR) is 90.7 cm³/mol. The van der Waals surface area contributed by atoms with Gasteiger partial charge in [-0.15, -0.1) is 0 Å². The van der Waals surface area contributed by atoms with Gasteiger partial charge in [0.05, 0.1) is 25.6 Å². The van der Waals surface area contributed by atoms with Crippen LogP contribution in [-0.2, 0) is 0 Å². The molecule has 0 radical (unpaired) electrons. The van der Waals surface area contributed by atoms with E-state index in [9.17, 15) is 0 Å². The van der Waals surface area contributed by atoms with Crippen molar-refractivity contribution >= 4 is 11.4 Å². The summed E-state index contributed by atoms with van der Waals surface area (Å²) in [5, 5.41) is 9.04. The molecule has 0 saturated heterocycles. The molecule has 2 aromatic rings. The van der Waals surface area contributed by atoms with Crippen molar-refractivity contribution < 1.29 is 9.47 Å². The molecule has 4 nitrogen and oxygen atoms in total. The highest BCUT2D eigenvalue weighted by atomic mass is 16.5. The molecule has 0 amide bonds. The second-order valence-corrected chi connectivity index (χ2v) is 5.88. The highest BCUT2D eigenvalue weighted by Gasteiger charge is 2.47. The molecule has 1 saturated carbocycles. The van der Waals surface area contributed by atoms with Crippen molar-refractivity contribution in [2.75, 3.05) is 14.2 Å². The Hall–Kier alpha value is -2.62. The van der Waals surface area contributed by atoms with Crippen LogP contribution in [0.25, 0.3) is 0 Å². The normalized spacial score (nSPS) is 21.8. The monoisotopic (exact) mass is 306 g/mol. The maximum atomic E-state index is 5.31. The number of hydrogen-bond acceptors (Lipinski definition) is 4. The van der Waals surface area contributed by atoms with Gasteiger partial charge in [0.25, 0.3) is 0 Å². The number of ether oxygens (including phenoxy) is 2. The number of fused-ring (bicyclic) bond motifs is 1. The molecule has 0 N–H and O–H groups in total. The van der Waals surface area contributed by atoms with Crippen molar-refractivity contribution in [3.63, 3.8) is 0 Å². The highest BCUT2D eigenvalue weighted by molar-refractivity contribution is 6.14. The van der Waals surface area contributed by atoms with Gasteiger partial charge in [0.2, 0.25) is 0 Å². The number of rotatable bonds is 4. The zero-order valence-corrected chi connectivity index (χ0v) is 13.2. The van der Waals surface area contributed by atoms with Crippen molar-refractivity contribution in [1.82, 2.24) is 0 Å². The Morgan fingerprint density at radius 1 is 0.783 bits per heavy atom. The first-order valence-electron chi connectivity index (χ1n) is 7.74. The molecule has 0 spiro atoms. The lowest BCUT2D eigenvalue weighted by atomic mass is 9.99. The Kier molecular flexibility index (Phi) is 3.37. The van der Waals surface area contributed by atoms with Crippen molar-refractivity contribution in [2.45, 2.75) is 6.42 Å². The minimum atomic E-state index is 0.459. The minimum absolute atomic E-state index is 0.459. The largest absolute Gasteiger partial charge is 0.497 e. The van der Waals surface area contributed by atoms with Crippen molar-refractivity contribution in [1.29, 1.82) is 0 Å². The quantitative estimate of drug-likeness (QED) is 0.867. The minimum Gasteiger partial charge on any atom is -0.497 e. The second kappa shape index (κ2) is 5.54. The van der Waals surface area contributed by atoms with Gasteiger partial charge in [0.15, 0.2) is 0 Å². The van der Waals surface area contributed by atoms with Crippen LogP contribution in [0.2, 0.25) is 0 Å². The van der Waals surface area contributed by atoms with E-state index >= 15 is 0 Å². The van der Waals surface area contributed by atoms with E-state index in [1.54, 1.807) is 14.2 Å². The van der Waals surface area contributed by atoms with E-state index in [1.165, 1.54) is 0 Å². The van der Waals surface area contributed by atoms with Crippen LogP contribution < -0.4 is 9.47 Å². The van der Waals surface area contributed by atoms with E-state index in [-0.39, 0.29) is 0 Å². The van der Waals surface area contributed by atoms with Gasteiger partial charge in [0.1, 0.15) is 11.5 Å². The van der Waals surface area contributed by atoms with Gasteiger partial charge in [-0.2, -0.15) is 10.2 Å². The van der Waals surface area contributed by atoms with Crippen LogP contribution >= 0.6 is 0 Å². The average Bonchev–Trinajstić information content (AvgIpc) is 3.41. The van der Waals surface area contributed by atoms with E-state index in [0.29, 0.717) is 11.8 Å². The standard InChI is InChI=1S/C19H18N2O2/c1-22-14-7-3-5-12(9-14)18-16-11-17(16)19(21-20-18)13-6-4-8-15(10-13)23-2/h3-10,16-17H,11H2,1-2H3. The average molecular weight is 306 g/mol. The van der Waals surface area contributed by atoms with Gasteiger partial charge >= 0.3 is 0 Å². The van der Waals surface area contributed by atoms with Crippen LogP contribution in [0.15, 0.2) is 58.7 Å². The van der Waals surface area contributed by atoms with Crippen LogP contribution in [0.5, 0.6) is 11.5 Å². The fraction of sp³-hybridized carbons (Fsp3) is 0.263. The van der Waals surface area contributed by atoms with E-state index in [2.05, 4.69) is 22.3 Å².